The van der Waals surface area contributed by atoms with Gasteiger partial charge in [-0.05, 0) is 56.1 Å². The molecule has 19 heavy (non-hydrogen) atoms. The molecule has 0 aliphatic heterocycles. The molecule has 0 saturated heterocycles. The Morgan fingerprint density at radius 2 is 2.32 bits per heavy atom. The highest BCUT2D eigenvalue weighted by Gasteiger charge is 2.42. The largest absolute Gasteiger partial charge is 0.455 e. The molecular weight excluding hydrogens is 240 g/mol. The van der Waals surface area contributed by atoms with E-state index in [1.54, 1.807) is 12.1 Å². The normalized spacial score (nSPS) is 30.5. The quantitative estimate of drug-likeness (QED) is 0.874. The molecule has 4 unspecified atom stereocenters. The molecule has 1 aromatic rings. The fraction of sp³-hybridized carbons (Fsp3) is 0.667. The van der Waals surface area contributed by atoms with E-state index in [4.69, 9.17) is 10.2 Å². The Labute approximate surface area is 113 Å². The lowest BCUT2D eigenvalue weighted by atomic mass is 9.84. The highest BCUT2D eigenvalue weighted by atomic mass is 16.4. The lowest BCUT2D eigenvalue weighted by Crippen LogP contribution is -2.40. The Kier molecular flexibility index (Phi) is 3.35. The molecule has 1 amide bonds. The topological polar surface area (TPSA) is 68.3 Å². The van der Waals surface area contributed by atoms with Crippen LogP contribution in [0.2, 0.25) is 0 Å². The molecule has 1 heterocycles. The van der Waals surface area contributed by atoms with Crippen LogP contribution in [0.25, 0.3) is 0 Å². The number of furan rings is 1. The van der Waals surface area contributed by atoms with Crippen molar-refractivity contribution in [3.05, 3.63) is 23.7 Å². The lowest BCUT2D eigenvalue weighted by Gasteiger charge is -2.28. The van der Waals surface area contributed by atoms with Crippen LogP contribution in [0, 0.1) is 17.8 Å². The van der Waals surface area contributed by atoms with E-state index in [1.165, 1.54) is 25.7 Å². The average Bonchev–Trinajstić information content (AvgIpc) is 3.13. The molecule has 104 valence electrons. The minimum atomic E-state index is -0.116. The summed E-state index contributed by atoms with van der Waals surface area (Å²) in [5.41, 5.74) is 5.48. The summed E-state index contributed by atoms with van der Waals surface area (Å²) in [4.78, 5) is 12.1. The SMILES string of the molecule is CC(NC(=O)c1ccc(CN)o1)C1CC2CCC1C2. The molecule has 0 aromatic carbocycles. The van der Waals surface area contributed by atoms with Gasteiger partial charge in [0, 0.05) is 6.04 Å². The van der Waals surface area contributed by atoms with Crippen LogP contribution in [0.15, 0.2) is 16.5 Å². The second kappa shape index (κ2) is 5.00. The van der Waals surface area contributed by atoms with Gasteiger partial charge in [-0.2, -0.15) is 0 Å². The fourth-order valence-electron chi connectivity index (χ4n) is 3.90. The van der Waals surface area contributed by atoms with Crippen LogP contribution in [0.3, 0.4) is 0 Å². The molecule has 2 aliphatic rings. The molecule has 2 fully saturated rings. The molecular formula is C15H22N2O2. The van der Waals surface area contributed by atoms with Crippen LogP contribution in [0.5, 0.6) is 0 Å². The van der Waals surface area contributed by atoms with Gasteiger partial charge in [0.2, 0.25) is 0 Å². The zero-order valence-corrected chi connectivity index (χ0v) is 11.4. The third-order valence-corrected chi connectivity index (χ3v) is 4.88. The van der Waals surface area contributed by atoms with E-state index in [1.807, 2.05) is 0 Å². The molecule has 0 radical (unpaired) electrons. The number of fused-ring (bicyclic) bond motifs is 2. The molecule has 2 bridgehead atoms. The van der Waals surface area contributed by atoms with E-state index in [9.17, 15) is 4.79 Å². The summed E-state index contributed by atoms with van der Waals surface area (Å²) < 4.78 is 5.38. The lowest BCUT2D eigenvalue weighted by molar-refractivity contribution is 0.0885. The monoisotopic (exact) mass is 262 g/mol. The number of amides is 1. The van der Waals surface area contributed by atoms with Gasteiger partial charge in [0.05, 0.1) is 6.54 Å². The summed E-state index contributed by atoms with van der Waals surface area (Å²) in [6, 6.07) is 3.69. The Hall–Kier alpha value is -1.29. The minimum Gasteiger partial charge on any atom is -0.455 e. The molecule has 2 saturated carbocycles. The van der Waals surface area contributed by atoms with E-state index in [0.29, 0.717) is 24.0 Å². The van der Waals surface area contributed by atoms with Crippen LogP contribution in [-0.4, -0.2) is 11.9 Å². The van der Waals surface area contributed by atoms with E-state index >= 15 is 0 Å². The van der Waals surface area contributed by atoms with Crippen LogP contribution in [0.1, 0.15) is 48.9 Å². The Morgan fingerprint density at radius 1 is 1.47 bits per heavy atom. The molecule has 0 spiro atoms. The van der Waals surface area contributed by atoms with Gasteiger partial charge in [-0.1, -0.05) is 6.42 Å². The molecule has 1 aromatic heterocycles. The van der Waals surface area contributed by atoms with Gasteiger partial charge in [-0.15, -0.1) is 0 Å². The maximum absolute atomic E-state index is 12.1. The van der Waals surface area contributed by atoms with Crippen molar-refractivity contribution < 1.29 is 9.21 Å². The maximum Gasteiger partial charge on any atom is 0.287 e. The summed E-state index contributed by atoms with van der Waals surface area (Å²) in [7, 11) is 0. The van der Waals surface area contributed by atoms with Gasteiger partial charge >= 0.3 is 0 Å². The number of nitrogens with one attached hydrogen (secondary N) is 1. The van der Waals surface area contributed by atoms with E-state index < -0.39 is 0 Å². The summed E-state index contributed by atoms with van der Waals surface area (Å²) in [6.07, 6.45) is 5.37. The third kappa shape index (κ3) is 2.41. The number of rotatable bonds is 4. The first-order valence-corrected chi connectivity index (χ1v) is 7.27. The summed E-state index contributed by atoms with van der Waals surface area (Å²) in [6.45, 7) is 2.45. The number of nitrogens with two attached hydrogens (primary N) is 1. The molecule has 3 N–H and O–H groups in total. The first-order chi connectivity index (χ1) is 9.17. The molecule has 2 aliphatic carbocycles. The Morgan fingerprint density at radius 3 is 2.89 bits per heavy atom. The van der Waals surface area contributed by atoms with Crippen LogP contribution < -0.4 is 11.1 Å². The molecule has 3 rings (SSSR count). The van der Waals surface area contributed by atoms with Crippen molar-refractivity contribution in [1.29, 1.82) is 0 Å². The van der Waals surface area contributed by atoms with Crippen molar-refractivity contribution in [3.8, 4) is 0 Å². The molecule has 4 nitrogen and oxygen atoms in total. The summed E-state index contributed by atoms with van der Waals surface area (Å²) in [5.74, 6) is 3.27. The van der Waals surface area contributed by atoms with Crippen LogP contribution in [0.4, 0.5) is 0 Å². The number of carbonyl (C=O) groups excluding carboxylic acids is 1. The maximum atomic E-state index is 12.1. The predicted octanol–water partition coefficient (Wildman–Crippen LogP) is 2.29. The zero-order valence-electron chi connectivity index (χ0n) is 11.4. The number of hydrogen-bond donors (Lipinski definition) is 2. The van der Waals surface area contributed by atoms with Crippen molar-refractivity contribution in [1.82, 2.24) is 5.32 Å². The smallest absolute Gasteiger partial charge is 0.287 e. The van der Waals surface area contributed by atoms with E-state index in [2.05, 4.69) is 12.2 Å². The average molecular weight is 262 g/mol. The second-order valence-corrected chi connectivity index (χ2v) is 6.07. The standard InChI is InChI=1S/C15H22N2O2/c1-9(13-7-10-2-3-11(13)6-10)17-15(18)14-5-4-12(8-16)19-14/h4-5,9-11,13H,2-3,6-8,16H2,1H3,(H,17,18). The number of carbonyl (C=O) groups is 1. The van der Waals surface area contributed by atoms with Gasteiger partial charge in [0.1, 0.15) is 5.76 Å². The second-order valence-electron chi connectivity index (χ2n) is 6.07. The van der Waals surface area contributed by atoms with E-state index in [-0.39, 0.29) is 11.9 Å². The Bertz CT molecular complexity index is 468. The molecule has 4 atom stereocenters. The van der Waals surface area contributed by atoms with Crippen molar-refractivity contribution in [2.45, 2.75) is 45.2 Å². The highest BCUT2D eigenvalue weighted by Crippen LogP contribution is 2.49. The van der Waals surface area contributed by atoms with E-state index in [0.717, 1.165) is 11.8 Å². The van der Waals surface area contributed by atoms with Gasteiger partial charge in [0.25, 0.3) is 5.91 Å². The predicted molar refractivity (Wildman–Crippen MR) is 72.5 cm³/mol. The van der Waals surface area contributed by atoms with Crippen molar-refractivity contribution in [2.75, 3.05) is 0 Å². The van der Waals surface area contributed by atoms with Gasteiger partial charge in [0.15, 0.2) is 5.76 Å². The summed E-state index contributed by atoms with van der Waals surface area (Å²) in [5, 5.41) is 3.09. The van der Waals surface area contributed by atoms with Gasteiger partial charge in [-0.25, -0.2) is 0 Å². The van der Waals surface area contributed by atoms with Gasteiger partial charge < -0.3 is 15.5 Å². The zero-order chi connectivity index (χ0) is 13.4. The minimum absolute atomic E-state index is 0.116. The van der Waals surface area contributed by atoms with Crippen LogP contribution in [-0.2, 0) is 6.54 Å². The third-order valence-electron chi connectivity index (χ3n) is 4.88. The van der Waals surface area contributed by atoms with Crippen molar-refractivity contribution in [3.63, 3.8) is 0 Å². The first-order valence-electron chi connectivity index (χ1n) is 7.27. The first kappa shape index (κ1) is 12.7. The van der Waals surface area contributed by atoms with Gasteiger partial charge in [-0.3, -0.25) is 4.79 Å². The van der Waals surface area contributed by atoms with Crippen molar-refractivity contribution in [2.24, 2.45) is 23.5 Å². The highest BCUT2D eigenvalue weighted by molar-refractivity contribution is 5.91. The van der Waals surface area contributed by atoms with Crippen LogP contribution >= 0.6 is 0 Å². The Balaban J connectivity index is 1.60. The summed E-state index contributed by atoms with van der Waals surface area (Å²) >= 11 is 0. The van der Waals surface area contributed by atoms with Crippen molar-refractivity contribution >= 4 is 5.91 Å². The number of hydrogen-bond acceptors (Lipinski definition) is 3. The fourth-order valence-corrected chi connectivity index (χ4v) is 3.90. The molecule has 4 heteroatoms.